The molecule has 1 aliphatic rings. The molecule has 1 heterocycles. The van der Waals surface area contributed by atoms with Crippen LogP contribution in [0.25, 0.3) is 10.9 Å². The summed E-state index contributed by atoms with van der Waals surface area (Å²) in [5.74, 6) is -0.644. The third-order valence-corrected chi connectivity index (χ3v) is 7.51. The summed E-state index contributed by atoms with van der Waals surface area (Å²) in [6.45, 7) is 4.99. The lowest BCUT2D eigenvalue weighted by Crippen LogP contribution is -2.49. The first-order valence-electron chi connectivity index (χ1n) is 8.11. The largest absolute Gasteiger partial charge is 0.285 e. The van der Waals surface area contributed by atoms with Gasteiger partial charge in [0.15, 0.2) is 0 Å². The second-order valence-electron chi connectivity index (χ2n) is 7.01. The Morgan fingerprint density at radius 1 is 1.04 bits per heavy atom. The zero-order valence-electron chi connectivity index (χ0n) is 15.1. The number of aromatic nitrogens is 2. The second kappa shape index (κ2) is 7.63. The molecule has 2 aromatic rings. The predicted molar refractivity (Wildman–Crippen MR) is 102 cm³/mol. The van der Waals surface area contributed by atoms with Crippen molar-refractivity contribution in [3.63, 3.8) is 0 Å². The molecule has 1 aromatic carbocycles. The molecule has 3 rings (SSSR count). The van der Waals surface area contributed by atoms with E-state index in [0.29, 0.717) is 0 Å². The summed E-state index contributed by atoms with van der Waals surface area (Å²) in [6.07, 6.45) is 6.02. The van der Waals surface area contributed by atoms with Crippen LogP contribution in [-0.2, 0) is 20.2 Å². The van der Waals surface area contributed by atoms with Crippen LogP contribution in [0.5, 0.6) is 0 Å². The molecule has 27 heavy (non-hydrogen) atoms. The number of nitrogens with zero attached hydrogens (tertiary/aromatic N) is 2. The van der Waals surface area contributed by atoms with Crippen LogP contribution >= 0.6 is 0 Å². The molecule has 148 valence electrons. The van der Waals surface area contributed by atoms with Crippen LogP contribution in [0.15, 0.2) is 48.9 Å². The molecule has 0 saturated heterocycles. The van der Waals surface area contributed by atoms with E-state index in [1.54, 1.807) is 20.2 Å². The molecule has 0 aliphatic heterocycles. The molecule has 0 fully saturated rings. The third kappa shape index (κ3) is 5.10. The zero-order chi connectivity index (χ0) is 20.5. The minimum atomic E-state index is -4.57. The molecular weight excluding hydrogens is 392 g/mol. The fraction of sp³-hybridized carbons (Fsp3) is 0.412. The van der Waals surface area contributed by atoms with Crippen LogP contribution in [0.2, 0.25) is 0 Å². The van der Waals surface area contributed by atoms with Crippen molar-refractivity contribution in [2.45, 2.75) is 31.3 Å². The van der Waals surface area contributed by atoms with Gasteiger partial charge in [0.1, 0.15) is 16.8 Å². The van der Waals surface area contributed by atoms with Gasteiger partial charge in [0.05, 0.1) is 5.52 Å². The van der Waals surface area contributed by atoms with E-state index in [9.17, 15) is 16.8 Å². The molecule has 1 aliphatic carbocycles. The van der Waals surface area contributed by atoms with Gasteiger partial charge in [-0.3, -0.25) is 9.11 Å². The lowest BCUT2D eigenvalue weighted by molar-refractivity contribution is 0.266. The minimum Gasteiger partial charge on any atom is -0.285 e. The summed E-state index contributed by atoms with van der Waals surface area (Å²) in [6, 6.07) is 7.91. The molecule has 0 spiro atoms. The topological polar surface area (TPSA) is 135 Å². The van der Waals surface area contributed by atoms with Crippen LogP contribution in [-0.4, -0.2) is 46.4 Å². The summed E-state index contributed by atoms with van der Waals surface area (Å²) < 4.78 is 63.0. The van der Waals surface area contributed by atoms with Crippen molar-refractivity contribution < 1.29 is 25.9 Å². The normalized spacial score (nSPS) is 24.9. The van der Waals surface area contributed by atoms with Gasteiger partial charge in [0, 0.05) is 11.6 Å². The molecule has 0 radical (unpaired) electrons. The first-order valence-corrected chi connectivity index (χ1v) is 11.1. The van der Waals surface area contributed by atoms with Crippen LogP contribution in [0.4, 0.5) is 0 Å². The van der Waals surface area contributed by atoms with Gasteiger partial charge in [0.25, 0.3) is 20.2 Å². The SMILES string of the molecule is CC1C(S(=O)(=O)O)C(S(=O)(=O)O)C=CC1(C)C.c1ccc2ncncc2c1. The van der Waals surface area contributed by atoms with Crippen molar-refractivity contribution in [1.82, 2.24) is 9.97 Å². The number of benzene rings is 1. The van der Waals surface area contributed by atoms with E-state index in [1.165, 1.54) is 13.0 Å². The highest BCUT2D eigenvalue weighted by atomic mass is 32.2. The first kappa shape index (κ1) is 21.4. The Hall–Kier alpha value is -1.88. The minimum absolute atomic E-state index is 0.582. The van der Waals surface area contributed by atoms with Gasteiger partial charge in [-0.1, -0.05) is 51.1 Å². The van der Waals surface area contributed by atoms with E-state index in [4.69, 9.17) is 9.11 Å². The van der Waals surface area contributed by atoms with Crippen LogP contribution in [0.1, 0.15) is 20.8 Å². The maximum Gasteiger partial charge on any atom is 0.272 e. The lowest BCUT2D eigenvalue weighted by atomic mass is 9.73. The van der Waals surface area contributed by atoms with Crippen molar-refractivity contribution in [1.29, 1.82) is 0 Å². The van der Waals surface area contributed by atoms with E-state index in [2.05, 4.69) is 9.97 Å². The average molecular weight is 415 g/mol. The standard InChI is InChI=1S/C9H16O6S2.C8H6N2/c1-6-8(17(13,14)15)7(16(10,11)12)4-5-9(6,2)3;1-2-4-8-7(3-1)5-9-6-10-8/h4-8H,1-3H3,(H,10,11,12)(H,13,14,15);1-6H. The van der Waals surface area contributed by atoms with Gasteiger partial charge in [-0.25, -0.2) is 9.97 Å². The summed E-state index contributed by atoms with van der Waals surface area (Å²) in [5.41, 5.74) is 0.416. The van der Waals surface area contributed by atoms with E-state index >= 15 is 0 Å². The van der Waals surface area contributed by atoms with Crippen molar-refractivity contribution in [3.05, 3.63) is 48.9 Å². The number of rotatable bonds is 2. The van der Waals surface area contributed by atoms with E-state index in [1.807, 2.05) is 30.5 Å². The number of fused-ring (bicyclic) bond motifs is 1. The van der Waals surface area contributed by atoms with Gasteiger partial charge in [-0.15, -0.1) is 0 Å². The third-order valence-electron chi connectivity index (χ3n) is 4.81. The first-order chi connectivity index (χ1) is 12.3. The van der Waals surface area contributed by atoms with Gasteiger partial charge >= 0.3 is 0 Å². The van der Waals surface area contributed by atoms with Crippen molar-refractivity contribution in [2.75, 3.05) is 0 Å². The Bertz CT molecular complexity index is 983. The van der Waals surface area contributed by atoms with Crippen LogP contribution in [0, 0.1) is 11.3 Å². The highest BCUT2D eigenvalue weighted by Gasteiger charge is 2.49. The molecule has 8 nitrogen and oxygen atoms in total. The second-order valence-corrected chi connectivity index (χ2v) is 10.2. The van der Waals surface area contributed by atoms with Gasteiger partial charge < -0.3 is 0 Å². The number of hydrogen-bond donors (Lipinski definition) is 2. The molecular formula is C17H22N2O6S2. The fourth-order valence-corrected chi connectivity index (χ4v) is 5.92. The van der Waals surface area contributed by atoms with Gasteiger partial charge in [-0.05, 0) is 17.4 Å². The Morgan fingerprint density at radius 3 is 2.22 bits per heavy atom. The lowest BCUT2D eigenvalue weighted by Gasteiger charge is -2.39. The Morgan fingerprint density at radius 2 is 1.67 bits per heavy atom. The van der Waals surface area contributed by atoms with Gasteiger partial charge in [0.2, 0.25) is 0 Å². The average Bonchev–Trinajstić information content (AvgIpc) is 2.56. The fourth-order valence-electron chi connectivity index (χ4n) is 2.93. The Balaban J connectivity index is 0.000000219. The van der Waals surface area contributed by atoms with Crippen LogP contribution < -0.4 is 0 Å². The maximum absolute atomic E-state index is 11.3. The number of allylic oxidation sites excluding steroid dienone is 1. The molecule has 1 aromatic heterocycles. The highest BCUT2D eigenvalue weighted by molar-refractivity contribution is 7.90. The molecule has 10 heteroatoms. The van der Waals surface area contributed by atoms with E-state index < -0.39 is 42.1 Å². The predicted octanol–water partition coefficient (Wildman–Crippen LogP) is 2.36. The molecule has 0 amide bonds. The summed E-state index contributed by atoms with van der Waals surface area (Å²) in [4.78, 5) is 7.97. The molecule has 2 N–H and O–H groups in total. The van der Waals surface area contributed by atoms with Crippen LogP contribution in [0.3, 0.4) is 0 Å². The highest BCUT2D eigenvalue weighted by Crippen LogP contribution is 2.40. The maximum atomic E-state index is 11.3. The van der Waals surface area contributed by atoms with Crippen molar-refractivity contribution in [3.8, 4) is 0 Å². The number of para-hydroxylation sites is 1. The summed E-state index contributed by atoms with van der Waals surface area (Å²) >= 11 is 0. The smallest absolute Gasteiger partial charge is 0.272 e. The quantitative estimate of drug-likeness (QED) is 0.565. The Labute approximate surface area is 158 Å². The van der Waals surface area contributed by atoms with E-state index in [-0.39, 0.29) is 0 Å². The number of hydrogen-bond acceptors (Lipinski definition) is 6. The molecule has 3 atom stereocenters. The Kier molecular flexibility index (Phi) is 6.05. The summed E-state index contributed by atoms with van der Waals surface area (Å²) in [7, 11) is -9.14. The van der Waals surface area contributed by atoms with Crippen molar-refractivity contribution >= 4 is 31.1 Å². The van der Waals surface area contributed by atoms with E-state index in [0.717, 1.165) is 17.0 Å². The molecule has 0 bridgehead atoms. The molecule has 3 unspecified atom stereocenters. The van der Waals surface area contributed by atoms with Gasteiger partial charge in [-0.2, -0.15) is 16.8 Å². The molecule has 0 saturated carbocycles. The summed E-state index contributed by atoms with van der Waals surface area (Å²) in [5, 5.41) is -2.09. The monoisotopic (exact) mass is 414 g/mol. The van der Waals surface area contributed by atoms with Crippen molar-refractivity contribution in [2.24, 2.45) is 11.3 Å². The zero-order valence-corrected chi connectivity index (χ0v) is 16.7.